The average molecular weight is 419 g/mol. The van der Waals surface area contributed by atoms with E-state index >= 15 is 0 Å². The molecule has 2 aromatic rings. The standard InChI is InChI=1S/C19H23BrN4O2/c1-23-7-9-24(10-8-23)16-12-15(4-5-17(16)26-2)22-19(25)11-14-3-6-18(20)21-13-14/h3-6,12-13H,7-11H2,1-2H3,(H,22,25). The molecule has 6 nitrogen and oxygen atoms in total. The number of carbonyl (C=O) groups is 1. The number of piperazine rings is 1. The van der Waals surface area contributed by atoms with Crippen LogP contribution in [0.1, 0.15) is 5.56 Å². The molecule has 0 aliphatic carbocycles. The van der Waals surface area contributed by atoms with E-state index in [2.05, 4.69) is 43.1 Å². The van der Waals surface area contributed by atoms with Crippen LogP contribution in [0, 0.1) is 0 Å². The van der Waals surface area contributed by atoms with Crippen molar-refractivity contribution in [2.24, 2.45) is 0 Å². The Morgan fingerprint density at radius 2 is 2.00 bits per heavy atom. The topological polar surface area (TPSA) is 57.7 Å². The van der Waals surface area contributed by atoms with Crippen LogP contribution >= 0.6 is 15.9 Å². The minimum Gasteiger partial charge on any atom is -0.495 e. The van der Waals surface area contributed by atoms with Crippen LogP contribution in [0.5, 0.6) is 5.75 Å². The van der Waals surface area contributed by atoms with Crippen molar-refractivity contribution in [2.45, 2.75) is 6.42 Å². The highest BCUT2D eigenvalue weighted by Crippen LogP contribution is 2.32. The minimum atomic E-state index is -0.0661. The van der Waals surface area contributed by atoms with Crippen LogP contribution in [-0.4, -0.2) is 56.1 Å². The molecule has 0 atom stereocenters. The maximum absolute atomic E-state index is 12.3. The number of ether oxygens (including phenoxy) is 1. The number of benzene rings is 1. The first-order valence-corrected chi connectivity index (χ1v) is 9.36. The first-order chi connectivity index (χ1) is 12.5. The van der Waals surface area contributed by atoms with E-state index in [-0.39, 0.29) is 12.3 Å². The van der Waals surface area contributed by atoms with Gasteiger partial charge in [-0.25, -0.2) is 4.98 Å². The molecule has 3 rings (SSSR count). The Kier molecular flexibility index (Phi) is 6.11. The normalized spacial score (nSPS) is 15.0. The molecule has 2 heterocycles. The molecule has 0 bridgehead atoms. The van der Waals surface area contributed by atoms with Crippen LogP contribution in [0.25, 0.3) is 0 Å². The third-order valence-corrected chi connectivity index (χ3v) is 4.93. The smallest absolute Gasteiger partial charge is 0.228 e. The monoisotopic (exact) mass is 418 g/mol. The molecule has 1 aliphatic heterocycles. The number of hydrogen-bond acceptors (Lipinski definition) is 5. The summed E-state index contributed by atoms with van der Waals surface area (Å²) in [5.41, 5.74) is 2.66. The summed E-state index contributed by atoms with van der Waals surface area (Å²) in [6.45, 7) is 3.90. The largest absolute Gasteiger partial charge is 0.495 e. The van der Waals surface area contributed by atoms with Gasteiger partial charge in [0.05, 0.1) is 19.2 Å². The fourth-order valence-electron chi connectivity index (χ4n) is 2.96. The average Bonchev–Trinajstić information content (AvgIpc) is 2.64. The number of amides is 1. The van der Waals surface area contributed by atoms with Gasteiger partial charge in [0, 0.05) is 38.1 Å². The number of nitrogens with zero attached hydrogens (tertiary/aromatic N) is 3. The lowest BCUT2D eigenvalue weighted by atomic mass is 10.2. The molecule has 1 N–H and O–H groups in total. The third kappa shape index (κ3) is 4.74. The number of aromatic nitrogens is 1. The van der Waals surface area contributed by atoms with Gasteiger partial charge >= 0.3 is 0 Å². The zero-order chi connectivity index (χ0) is 18.5. The fourth-order valence-corrected chi connectivity index (χ4v) is 3.20. The van der Waals surface area contributed by atoms with E-state index in [1.165, 1.54) is 0 Å². The number of hydrogen-bond donors (Lipinski definition) is 1. The Balaban J connectivity index is 1.70. The first kappa shape index (κ1) is 18.7. The summed E-state index contributed by atoms with van der Waals surface area (Å²) in [5, 5.41) is 2.97. The third-order valence-electron chi connectivity index (χ3n) is 4.46. The van der Waals surface area contributed by atoms with E-state index in [9.17, 15) is 4.79 Å². The van der Waals surface area contributed by atoms with Crippen LogP contribution in [0.3, 0.4) is 0 Å². The van der Waals surface area contributed by atoms with E-state index in [1.807, 2.05) is 30.3 Å². The number of pyridine rings is 1. The Hall–Kier alpha value is -2.12. The number of anilines is 2. The number of methoxy groups -OCH3 is 1. The zero-order valence-corrected chi connectivity index (χ0v) is 16.6. The van der Waals surface area contributed by atoms with E-state index < -0.39 is 0 Å². The molecule has 1 fully saturated rings. The molecule has 0 spiro atoms. The van der Waals surface area contributed by atoms with Gasteiger partial charge in [0.15, 0.2) is 0 Å². The maximum Gasteiger partial charge on any atom is 0.228 e. The quantitative estimate of drug-likeness (QED) is 0.756. The summed E-state index contributed by atoms with van der Waals surface area (Å²) in [5.74, 6) is 0.758. The lowest BCUT2D eigenvalue weighted by molar-refractivity contribution is -0.115. The Bertz CT molecular complexity index is 759. The summed E-state index contributed by atoms with van der Waals surface area (Å²) >= 11 is 3.30. The lowest BCUT2D eigenvalue weighted by Crippen LogP contribution is -2.44. The van der Waals surface area contributed by atoms with Crippen LogP contribution in [0.4, 0.5) is 11.4 Å². The molecular formula is C19H23BrN4O2. The summed E-state index contributed by atoms with van der Waals surface area (Å²) in [7, 11) is 3.80. The summed E-state index contributed by atoms with van der Waals surface area (Å²) < 4.78 is 6.27. The highest BCUT2D eigenvalue weighted by molar-refractivity contribution is 9.10. The van der Waals surface area contributed by atoms with Crippen molar-refractivity contribution in [1.29, 1.82) is 0 Å². The van der Waals surface area contributed by atoms with Gasteiger partial charge in [-0.05, 0) is 52.8 Å². The molecule has 1 aromatic carbocycles. The number of nitrogens with one attached hydrogen (secondary N) is 1. The molecule has 0 saturated carbocycles. The van der Waals surface area contributed by atoms with Crippen molar-refractivity contribution < 1.29 is 9.53 Å². The van der Waals surface area contributed by atoms with Gasteiger partial charge in [-0.2, -0.15) is 0 Å². The highest BCUT2D eigenvalue weighted by atomic mass is 79.9. The van der Waals surface area contributed by atoms with Crippen molar-refractivity contribution in [2.75, 3.05) is 50.6 Å². The van der Waals surface area contributed by atoms with Gasteiger partial charge in [0.1, 0.15) is 10.4 Å². The molecule has 1 saturated heterocycles. The van der Waals surface area contributed by atoms with Gasteiger partial charge in [0.2, 0.25) is 5.91 Å². The van der Waals surface area contributed by atoms with Gasteiger partial charge in [-0.1, -0.05) is 6.07 Å². The second kappa shape index (κ2) is 8.51. The molecule has 0 radical (unpaired) electrons. The summed E-state index contributed by atoms with van der Waals surface area (Å²) in [6, 6.07) is 9.49. The number of carbonyl (C=O) groups excluding carboxylic acids is 1. The van der Waals surface area contributed by atoms with Crippen molar-refractivity contribution >= 4 is 33.2 Å². The number of rotatable bonds is 5. The van der Waals surface area contributed by atoms with E-state index in [4.69, 9.17) is 4.74 Å². The molecule has 1 aliphatic rings. The molecule has 26 heavy (non-hydrogen) atoms. The van der Waals surface area contributed by atoms with Crippen LogP contribution in [0.2, 0.25) is 0 Å². The number of halogens is 1. The summed E-state index contributed by atoms with van der Waals surface area (Å²) in [6.07, 6.45) is 1.99. The lowest BCUT2D eigenvalue weighted by Gasteiger charge is -2.34. The SMILES string of the molecule is COc1ccc(NC(=O)Cc2ccc(Br)nc2)cc1N1CCN(C)CC1. The molecule has 1 aromatic heterocycles. The van der Waals surface area contributed by atoms with Gasteiger partial charge in [-0.15, -0.1) is 0 Å². The van der Waals surface area contributed by atoms with E-state index in [0.717, 1.165) is 53.5 Å². The zero-order valence-electron chi connectivity index (χ0n) is 15.0. The van der Waals surface area contributed by atoms with Crippen molar-refractivity contribution in [3.05, 3.63) is 46.7 Å². The Labute approximate surface area is 162 Å². The molecule has 1 amide bonds. The first-order valence-electron chi connectivity index (χ1n) is 8.57. The molecule has 138 valence electrons. The predicted octanol–water partition coefficient (Wildman–Crippen LogP) is 2.79. The van der Waals surface area contributed by atoms with E-state index in [0.29, 0.717) is 0 Å². The second-order valence-corrected chi connectivity index (χ2v) is 7.20. The molecular weight excluding hydrogens is 396 g/mol. The maximum atomic E-state index is 12.3. The highest BCUT2D eigenvalue weighted by Gasteiger charge is 2.18. The second-order valence-electron chi connectivity index (χ2n) is 6.39. The van der Waals surface area contributed by atoms with Gasteiger partial charge in [0.25, 0.3) is 0 Å². The molecule has 7 heteroatoms. The van der Waals surface area contributed by atoms with Crippen LogP contribution in [-0.2, 0) is 11.2 Å². The number of likely N-dealkylation sites (N-methyl/N-ethyl adjacent to an activating group) is 1. The fraction of sp³-hybridized carbons (Fsp3) is 0.368. The predicted molar refractivity (Wildman–Crippen MR) is 107 cm³/mol. The van der Waals surface area contributed by atoms with Crippen LogP contribution in [0.15, 0.2) is 41.1 Å². The van der Waals surface area contributed by atoms with Gasteiger partial charge < -0.3 is 19.9 Å². The Morgan fingerprint density at radius 1 is 1.23 bits per heavy atom. The van der Waals surface area contributed by atoms with Gasteiger partial charge in [-0.3, -0.25) is 4.79 Å². The molecule has 0 unspecified atom stereocenters. The minimum absolute atomic E-state index is 0.0661. The van der Waals surface area contributed by atoms with Crippen molar-refractivity contribution in [3.63, 3.8) is 0 Å². The summed E-state index contributed by atoms with van der Waals surface area (Å²) in [4.78, 5) is 21.1. The van der Waals surface area contributed by atoms with Crippen molar-refractivity contribution in [1.82, 2.24) is 9.88 Å². The van der Waals surface area contributed by atoms with Crippen LogP contribution < -0.4 is 15.0 Å². The van der Waals surface area contributed by atoms with Crippen molar-refractivity contribution in [3.8, 4) is 5.75 Å². The van der Waals surface area contributed by atoms with E-state index in [1.54, 1.807) is 13.3 Å². The Morgan fingerprint density at radius 3 is 2.65 bits per heavy atom.